The summed E-state index contributed by atoms with van der Waals surface area (Å²) < 4.78 is 18.2. The summed E-state index contributed by atoms with van der Waals surface area (Å²) in [5, 5.41) is 15.1. The van der Waals surface area contributed by atoms with Gasteiger partial charge < -0.3 is 30.0 Å². The van der Waals surface area contributed by atoms with Crippen molar-refractivity contribution in [1.82, 2.24) is 10.2 Å². The number of carbonyl (C=O) groups is 2. The molecule has 0 bridgehead atoms. The van der Waals surface area contributed by atoms with E-state index in [1.165, 1.54) is 12.7 Å². The lowest BCUT2D eigenvalue weighted by atomic mass is 9.89. The molecule has 4 aromatic carbocycles. The molecule has 9 heteroatoms. The number of ether oxygens (including phenoxy) is 3. The van der Waals surface area contributed by atoms with E-state index in [4.69, 9.17) is 14.2 Å². The number of hydrogen-bond donors (Lipinski definition) is 3. The minimum Gasteiger partial charge on any atom is -0.467 e. The average Bonchev–Trinajstić information content (AvgIpc) is 3.12. The Morgan fingerprint density at radius 3 is 2.10 bits per heavy atom. The van der Waals surface area contributed by atoms with E-state index in [0.29, 0.717) is 18.7 Å². The molecule has 6 atom stereocenters. The van der Waals surface area contributed by atoms with Crippen LogP contribution >= 0.6 is 0 Å². The van der Waals surface area contributed by atoms with Crippen LogP contribution in [0.15, 0.2) is 109 Å². The first-order valence-corrected chi connectivity index (χ1v) is 16.3. The van der Waals surface area contributed by atoms with Gasteiger partial charge in [-0.05, 0) is 48.4 Å². The Hall–Kier alpha value is -4.54. The van der Waals surface area contributed by atoms with Crippen molar-refractivity contribution in [3.8, 4) is 0 Å². The smallest absolute Gasteiger partial charge is 0.328 e. The highest BCUT2D eigenvalue weighted by Crippen LogP contribution is 2.42. The van der Waals surface area contributed by atoms with Crippen LogP contribution in [0.25, 0.3) is 0 Å². The number of hydrogen-bond acceptors (Lipinski definition) is 7. The Morgan fingerprint density at radius 1 is 0.854 bits per heavy atom. The number of methoxy groups -OCH3 is 1. The van der Waals surface area contributed by atoms with Gasteiger partial charge in [0.05, 0.1) is 25.9 Å². The molecule has 48 heavy (non-hydrogen) atoms. The zero-order valence-electron chi connectivity index (χ0n) is 27.9. The molecule has 252 valence electrons. The summed E-state index contributed by atoms with van der Waals surface area (Å²) in [6, 6.07) is 33.9. The SMILES string of the molecule is COC(=O)C(Cc1ccccc1)NC(=O)Nc1ccc(C2OC(CN(C)C(C)c3ccccc3)C(C)C(c3ccc(CO)cc3)O2)cc1. The van der Waals surface area contributed by atoms with E-state index in [-0.39, 0.29) is 30.8 Å². The number of nitrogens with one attached hydrogen (secondary N) is 2. The zero-order chi connectivity index (χ0) is 34.0. The molecule has 6 unspecified atom stereocenters. The summed E-state index contributed by atoms with van der Waals surface area (Å²) in [5.41, 5.74) is 5.35. The number of aliphatic hydroxyl groups is 1. The van der Waals surface area contributed by atoms with E-state index in [2.05, 4.69) is 60.7 Å². The fourth-order valence-electron chi connectivity index (χ4n) is 5.99. The average molecular weight is 652 g/mol. The van der Waals surface area contributed by atoms with Gasteiger partial charge in [0.2, 0.25) is 0 Å². The van der Waals surface area contributed by atoms with Crippen LogP contribution in [-0.4, -0.2) is 54.9 Å². The molecule has 1 heterocycles. The van der Waals surface area contributed by atoms with Gasteiger partial charge >= 0.3 is 12.0 Å². The second-order valence-corrected chi connectivity index (χ2v) is 12.3. The number of urea groups is 1. The van der Waals surface area contributed by atoms with Crippen LogP contribution in [0.5, 0.6) is 0 Å². The number of rotatable bonds is 12. The molecule has 0 radical (unpaired) electrons. The van der Waals surface area contributed by atoms with Crippen LogP contribution < -0.4 is 10.6 Å². The molecule has 1 aliphatic rings. The van der Waals surface area contributed by atoms with Gasteiger partial charge in [0.25, 0.3) is 0 Å². The minimum atomic E-state index is -0.842. The van der Waals surface area contributed by atoms with Gasteiger partial charge in [0, 0.05) is 36.2 Å². The molecule has 1 fully saturated rings. The molecule has 5 rings (SSSR count). The van der Waals surface area contributed by atoms with Crippen LogP contribution in [0.2, 0.25) is 0 Å². The number of likely N-dealkylation sites (N-methyl/N-ethyl adjacent to an activating group) is 1. The third-order valence-corrected chi connectivity index (χ3v) is 9.05. The van der Waals surface area contributed by atoms with Gasteiger partial charge in [-0.3, -0.25) is 4.90 Å². The summed E-state index contributed by atoms with van der Waals surface area (Å²) in [7, 11) is 3.41. The number of amides is 2. The zero-order valence-corrected chi connectivity index (χ0v) is 27.9. The van der Waals surface area contributed by atoms with Crippen molar-refractivity contribution in [3.05, 3.63) is 137 Å². The maximum absolute atomic E-state index is 12.9. The van der Waals surface area contributed by atoms with E-state index >= 15 is 0 Å². The summed E-state index contributed by atoms with van der Waals surface area (Å²) in [6.07, 6.45) is -0.734. The largest absolute Gasteiger partial charge is 0.467 e. The topological polar surface area (TPSA) is 109 Å². The third-order valence-electron chi connectivity index (χ3n) is 9.05. The van der Waals surface area contributed by atoms with Crippen LogP contribution in [0, 0.1) is 5.92 Å². The van der Waals surface area contributed by atoms with Crippen molar-refractivity contribution in [2.24, 2.45) is 5.92 Å². The molecular formula is C39H45N3O6. The van der Waals surface area contributed by atoms with E-state index < -0.39 is 24.3 Å². The molecule has 0 aromatic heterocycles. The number of esters is 1. The fraction of sp³-hybridized carbons (Fsp3) is 0.333. The van der Waals surface area contributed by atoms with Crippen LogP contribution in [0.1, 0.15) is 60.1 Å². The van der Waals surface area contributed by atoms with Crippen LogP contribution in [0.4, 0.5) is 10.5 Å². The van der Waals surface area contributed by atoms with E-state index in [0.717, 1.165) is 22.3 Å². The van der Waals surface area contributed by atoms with Gasteiger partial charge in [-0.1, -0.05) is 104 Å². The number of benzene rings is 4. The van der Waals surface area contributed by atoms with Crippen molar-refractivity contribution < 1.29 is 28.9 Å². The van der Waals surface area contributed by atoms with Crippen molar-refractivity contribution >= 4 is 17.7 Å². The van der Waals surface area contributed by atoms with E-state index in [1.54, 1.807) is 12.1 Å². The minimum absolute atomic E-state index is 0.0212. The first-order chi connectivity index (χ1) is 23.2. The third kappa shape index (κ3) is 8.87. The Kier molecular flexibility index (Phi) is 12.0. The second kappa shape index (κ2) is 16.5. The van der Waals surface area contributed by atoms with Crippen molar-refractivity contribution in [1.29, 1.82) is 0 Å². The molecular weight excluding hydrogens is 606 g/mol. The lowest BCUT2D eigenvalue weighted by Gasteiger charge is -2.43. The summed E-state index contributed by atoms with van der Waals surface area (Å²) in [6.45, 7) is 5.01. The highest BCUT2D eigenvalue weighted by atomic mass is 16.7. The summed E-state index contributed by atoms with van der Waals surface area (Å²) in [4.78, 5) is 27.6. The molecule has 1 saturated heterocycles. The first-order valence-electron chi connectivity index (χ1n) is 16.3. The molecule has 1 aliphatic heterocycles. The molecule has 9 nitrogen and oxygen atoms in total. The molecule has 4 aromatic rings. The van der Waals surface area contributed by atoms with Gasteiger partial charge in [0.1, 0.15) is 6.04 Å². The molecule has 0 aliphatic carbocycles. The Balaban J connectivity index is 1.30. The van der Waals surface area contributed by atoms with Gasteiger partial charge in [0.15, 0.2) is 6.29 Å². The highest BCUT2D eigenvalue weighted by Gasteiger charge is 2.39. The molecule has 2 amide bonds. The van der Waals surface area contributed by atoms with E-state index in [9.17, 15) is 14.7 Å². The lowest BCUT2D eigenvalue weighted by molar-refractivity contribution is -0.276. The van der Waals surface area contributed by atoms with Crippen LogP contribution in [0.3, 0.4) is 0 Å². The highest BCUT2D eigenvalue weighted by molar-refractivity contribution is 5.92. The standard InChI is InChI=1S/C39H45N3O6/c1-26-35(24-42(3)27(2)30-13-9-6-10-14-30)47-38(48-36(26)31-17-15-29(25-43)16-18-31)32-19-21-33(22-20-32)40-39(45)41-34(37(44)46-4)23-28-11-7-5-8-12-28/h5-22,26-27,34-36,38,43H,23-25H2,1-4H3,(H2,40,41,45). The summed E-state index contributed by atoms with van der Waals surface area (Å²) in [5.74, 6) is -0.487. The van der Waals surface area contributed by atoms with Crippen molar-refractivity contribution in [3.63, 3.8) is 0 Å². The molecule has 0 saturated carbocycles. The molecule has 3 N–H and O–H groups in total. The maximum atomic E-state index is 12.9. The predicted octanol–water partition coefficient (Wildman–Crippen LogP) is 6.57. The fourth-order valence-corrected chi connectivity index (χ4v) is 5.99. The van der Waals surface area contributed by atoms with Gasteiger partial charge in [-0.15, -0.1) is 0 Å². The number of anilines is 1. The second-order valence-electron chi connectivity index (χ2n) is 12.3. The summed E-state index contributed by atoms with van der Waals surface area (Å²) >= 11 is 0. The predicted molar refractivity (Wildman–Crippen MR) is 185 cm³/mol. The Morgan fingerprint density at radius 2 is 1.48 bits per heavy atom. The first kappa shape index (κ1) is 34.8. The number of carbonyl (C=O) groups excluding carboxylic acids is 2. The van der Waals surface area contributed by atoms with Gasteiger partial charge in [-0.2, -0.15) is 0 Å². The quantitative estimate of drug-likeness (QED) is 0.149. The van der Waals surface area contributed by atoms with Crippen molar-refractivity contribution in [2.45, 2.75) is 57.5 Å². The van der Waals surface area contributed by atoms with Crippen molar-refractivity contribution in [2.75, 3.05) is 26.0 Å². The van der Waals surface area contributed by atoms with Gasteiger partial charge in [-0.25, -0.2) is 9.59 Å². The Labute approximate surface area is 282 Å². The monoisotopic (exact) mass is 651 g/mol. The lowest BCUT2D eigenvalue weighted by Crippen LogP contribution is -2.45. The Bertz CT molecular complexity index is 1600. The van der Waals surface area contributed by atoms with E-state index in [1.807, 2.05) is 72.8 Å². The van der Waals surface area contributed by atoms with Crippen LogP contribution in [-0.2, 0) is 32.0 Å². The normalized spacial score (nSPS) is 20.5. The number of nitrogens with zero attached hydrogens (tertiary/aromatic N) is 1. The maximum Gasteiger partial charge on any atom is 0.328 e. The molecule has 0 spiro atoms. The number of aliphatic hydroxyl groups excluding tert-OH is 1.